The van der Waals surface area contributed by atoms with Gasteiger partial charge >= 0.3 is 5.69 Å². The molecule has 0 unspecified atom stereocenters. The van der Waals surface area contributed by atoms with Gasteiger partial charge in [0.1, 0.15) is 0 Å². The molecule has 0 bridgehead atoms. The van der Waals surface area contributed by atoms with Crippen LogP contribution in [-0.2, 0) is 0 Å². The number of nitro benzene ring substituents is 1. The largest absolute Gasteiger partial charge is 0.332 e. The van der Waals surface area contributed by atoms with Crippen molar-refractivity contribution in [3.05, 3.63) is 60.3 Å². The van der Waals surface area contributed by atoms with E-state index >= 15 is 0 Å². The Hall–Kier alpha value is -1.97. The van der Waals surface area contributed by atoms with Crippen LogP contribution in [0.5, 0.6) is 0 Å². The summed E-state index contributed by atoms with van der Waals surface area (Å²) in [5.74, 6) is -0.610. The van der Waals surface area contributed by atoms with Crippen LogP contribution in [0.2, 0.25) is 0 Å². The third-order valence-corrected chi connectivity index (χ3v) is 3.17. The Bertz CT molecular complexity index is 688. The molecule has 0 saturated carbocycles. The predicted molar refractivity (Wildman–Crippen MR) is 70.6 cm³/mol. The molecule has 1 N–H and O–H groups in total. The maximum atomic E-state index is 11.9. The van der Waals surface area contributed by atoms with Crippen molar-refractivity contribution in [1.29, 1.82) is 0 Å². The number of nitro groups is 1. The summed E-state index contributed by atoms with van der Waals surface area (Å²) in [6, 6.07) is 4.06. The van der Waals surface area contributed by atoms with E-state index in [4.69, 9.17) is 0 Å². The third kappa shape index (κ3) is 2.18. The van der Waals surface area contributed by atoms with Gasteiger partial charge in [-0.05, 0) is 34.7 Å². The van der Waals surface area contributed by atoms with Gasteiger partial charge in [0.2, 0.25) is 0 Å². The highest BCUT2D eigenvalue weighted by Crippen LogP contribution is 2.22. The van der Waals surface area contributed by atoms with Crippen LogP contribution in [0.4, 0.5) is 5.69 Å². The lowest BCUT2D eigenvalue weighted by Gasteiger charge is -2.01. The minimum Gasteiger partial charge on any atom is -0.312 e. The van der Waals surface area contributed by atoms with Crippen LogP contribution >= 0.6 is 22.6 Å². The van der Waals surface area contributed by atoms with Gasteiger partial charge < -0.3 is 4.98 Å². The predicted octanol–water partition coefficient (Wildman–Crippen LogP) is 1.38. The minimum absolute atomic E-state index is 0.0869. The minimum atomic E-state index is -0.610. The summed E-state index contributed by atoms with van der Waals surface area (Å²) >= 11 is 1.81. The number of imidazole rings is 1. The first kappa shape index (κ1) is 12.5. The molecule has 2 rings (SSSR count). The van der Waals surface area contributed by atoms with Crippen LogP contribution < -0.4 is 5.69 Å². The molecule has 0 atom stereocenters. The summed E-state index contributed by atoms with van der Waals surface area (Å²) in [4.78, 5) is 35.7. The summed E-state index contributed by atoms with van der Waals surface area (Å²) < 4.78 is 1.28. The number of hydrogen-bond acceptors (Lipinski definition) is 4. The molecule has 0 aliphatic rings. The number of hydrogen-bond donors (Lipinski definition) is 1. The average molecular weight is 359 g/mol. The zero-order valence-corrected chi connectivity index (χ0v) is 10.9. The molecule has 7 nitrogen and oxygen atoms in total. The Labute approximate surface area is 114 Å². The van der Waals surface area contributed by atoms with Crippen molar-refractivity contribution in [1.82, 2.24) is 9.55 Å². The number of rotatable bonds is 2. The Morgan fingerprint density at radius 3 is 2.72 bits per heavy atom. The highest BCUT2D eigenvalue weighted by molar-refractivity contribution is 14.1. The number of H-pyrrole nitrogens is 1. The molecule has 18 heavy (non-hydrogen) atoms. The molecule has 1 heterocycles. The van der Waals surface area contributed by atoms with E-state index in [0.717, 1.165) is 10.6 Å². The molecule has 0 aliphatic heterocycles. The molecule has 0 saturated heterocycles. The third-order valence-electron chi connectivity index (χ3n) is 2.26. The van der Waals surface area contributed by atoms with Gasteiger partial charge in [-0.25, -0.2) is 9.36 Å². The Morgan fingerprint density at radius 2 is 2.17 bits per heavy atom. The van der Waals surface area contributed by atoms with Crippen LogP contribution in [0, 0.1) is 13.7 Å². The monoisotopic (exact) mass is 359 g/mol. The molecule has 92 valence electrons. The summed E-state index contributed by atoms with van der Waals surface area (Å²) in [6.07, 6.45) is 2.59. The van der Waals surface area contributed by atoms with Gasteiger partial charge in [-0.1, -0.05) is 0 Å². The van der Waals surface area contributed by atoms with Crippen molar-refractivity contribution in [2.24, 2.45) is 0 Å². The molecule has 1 aromatic heterocycles. The van der Waals surface area contributed by atoms with Crippen LogP contribution in [0.25, 0.3) is 0 Å². The van der Waals surface area contributed by atoms with E-state index in [0.29, 0.717) is 3.57 Å². The Balaban J connectivity index is 2.50. The number of aromatic amines is 1. The van der Waals surface area contributed by atoms with E-state index in [1.807, 2.05) is 22.6 Å². The lowest BCUT2D eigenvalue weighted by Crippen LogP contribution is -2.24. The molecular formula is C10H6IN3O4. The fourth-order valence-electron chi connectivity index (χ4n) is 1.40. The summed E-state index contributed by atoms with van der Waals surface area (Å²) in [6.45, 7) is 0. The number of nitrogens with one attached hydrogen (secondary N) is 1. The number of benzene rings is 1. The average Bonchev–Trinajstić information content (AvgIpc) is 2.75. The van der Waals surface area contributed by atoms with E-state index in [1.54, 1.807) is 0 Å². The van der Waals surface area contributed by atoms with E-state index in [9.17, 15) is 19.7 Å². The number of nitrogens with zero attached hydrogens (tertiary/aromatic N) is 2. The van der Waals surface area contributed by atoms with Crippen molar-refractivity contribution in [2.45, 2.75) is 0 Å². The molecule has 8 heteroatoms. The highest BCUT2D eigenvalue weighted by Gasteiger charge is 2.17. The smallest absolute Gasteiger partial charge is 0.312 e. The van der Waals surface area contributed by atoms with Crippen LogP contribution in [-0.4, -0.2) is 20.4 Å². The zero-order chi connectivity index (χ0) is 13.3. The van der Waals surface area contributed by atoms with Gasteiger partial charge in [0, 0.05) is 24.0 Å². The topological polar surface area (TPSA) is 98.0 Å². The first-order valence-corrected chi connectivity index (χ1v) is 5.83. The molecule has 0 aliphatic carbocycles. The number of carbonyl (C=O) groups is 1. The van der Waals surface area contributed by atoms with Crippen molar-refractivity contribution in [3.8, 4) is 0 Å². The summed E-state index contributed by atoms with van der Waals surface area (Å²) in [7, 11) is 0. The summed E-state index contributed by atoms with van der Waals surface area (Å²) in [5, 5.41) is 10.8. The number of carbonyl (C=O) groups excluding carboxylic acids is 1. The Kier molecular flexibility index (Phi) is 3.28. The SMILES string of the molecule is O=C(c1ccc(I)c([N+](=O)[O-])c1)n1cc[nH]c1=O. The number of halogens is 1. The van der Waals surface area contributed by atoms with Crippen molar-refractivity contribution >= 4 is 34.2 Å². The van der Waals surface area contributed by atoms with Gasteiger partial charge in [-0.2, -0.15) is 0 Å². The van der Waals surface area contributed by atoms with Gasteiger partial charge in [0.25, 0.3) is 11.6 Å². The first-order valence-electron chi connectivity index (χ1n) is 4.75. The molecule has 0 fully saturated rings. The van der Waals surface area contributed by atoms with Crippen molar-refractivity contribution in [3.63, 3.8) is 0 Å². The van der Waals surface area contributed by atoms with Crippen LogP contribution in [0.1, 0.15) is 10.4 Å². The fourth-order valence-corrected chi connectivity index (χ4v) is 1.94. The van der Waals surface area contributed by atoms with E-state index < -0.39 is 16.5 Å². The molecule has 2 aromatic rings. The maximum Gasteiger partial charge on any atom is 0.332 e. The molecular weight excluding hydrogens is 353 g/mol. The van der Waals surface area contributed by atoms with E-state index in [2.05, 4.69) is 4.98 Å². The second kappa shape index (κ2) is 4.72. The van der Waals surface area contributed by atoms with Crippen LogP contribution in [0.15, 0.2) is 35.4 Å². The molecule has 1 aromatic carbocycles. The second-order valence-electron chi connectivity index (χ2n) is 3.36. The van der Waals surface area contributed by atoms with E-state index in [-0.39, 0.29) is 11.3 Å². The van der Waals surface area contributed by atoms with Gasteiger partial charge in [0.05, 0.1) is 8.49 Å². The normalized spacial score (nSPS) is 10.3. The Morgan fingerprint density at radius 1 is 1.44 bits per heavy atom. The highest BCUT2D eigenvalue weighted by atomic mass is 127. The fraction of sp³-hybridized carbons (Fsp3) is 0. The first-order chi connectivity index (χ1) is 8.50. The van der Waals surface area contributed by atoms with Gasteiger partial charge in [-0.15, -0.1) is 0 Å². The van der Waals surface area contributed by atoms with Crippen molar-refractivity contribution in [2.75, 3.05) is 0 Å². The standard InChI is InChI=1S/C10H6IN3O4/c11-7-2-1-6(5-8(7)14(17)18)9(15)13-4-3-12-10(13)16/h1-5H,(H,12,16). The van der Waals surface area contributed by atoms with E-state index in [1.165, 1.54) is 24.5 Å². The lowest BCUT2D eigenvalue weighted by atomic mass is 10.2. The molecule has 0 radical (unpaired) electrons. The van der Waals surface area contributed by atoms with Gasteiger partial charge in [0.15, 0.2) is 0 Å². The summed E-state index contributed by atoms with van der Waals surface area (Å²) in [5.41, 5.74) is -0.657. The molecule has 0 spiro atoms. The second-order valence-corrected chi connectivity index (χ2v) is 4.53. The van der Waals surface area contributed by atoms with Crippen molar-refractivity contribution < 1.29 is 9.72 Å². The quantitative estimate of drug-likeness (QED) is 0.498. The maximum absolute atomic E-state index is 11.9. The molecule has 0 amide bonds. The number of aromatic nitrogens is 2. The zero-order valence-electron chi connectivity index (χ0n) is 8.79. The van der Waals surface area contributed by atoms with Crippen LogP contribution in [0.3, 0.4) is 0 Å². The lowest BCUT2D eigenvalue weighted by molar-refractivity contribution is -0.385. The van der Waals surface area contributed by atoms with Gasteiger partial charge in [-0.3, -0.25) is 14.9 Å².